The molecule has 0 radical (unpaired) electrons. The molecule has 116 valence electrons. The van der Waals surface area contributed by atoms with Crippen molar-refractivity contribution in [3.63, 3.8) is 0 Å². The fraction of sp³-hybridized carbons (Fsp3) is 0. The van der Waals surface area contributed by atoms with Crippen molar-refractivity contribution < 1.29 is 18.8 Å². The van der Waals surface area contributed by atoms with E-state index in [1.807, 2.05) is 0 Å². The Kier molecular flexibility index (Phi) is 5.78. The highest BCUT2D eigenvalue weighted by atomic mass is 19.1. The van der Waals surface area contributed by atoms with Crippen molar-refractivity contribution in [2.75, 3.05) is 0 Å². The van der Waals surface area contributed by atoms with Crippen LogP contribution >= 0.6 is 0 Å². The van der Waals surface area contributed by atoms with Crippen LogP contribution in [0.25, 0.3) is 11.4 Å². The van der Waals surface area contributed by atoms with Gasteiger partial charge in [0.1, 0.15) is 0 Å². The minimum Gasteiger partial charge on any atom is -0.423 e. The second kappa shape index (κ2) is 8.02. The fourth-order valence-electron chi connectivity index (χ4n) is 1.58. The van der Waals surface area contributed by atoms with E-state index >= 15 is 0 Å². The van der Waals surface area contributed by atoms with Crippen molar-refractivity contribution in [2.24, 2.45) is 0 Å². The zero-order valence-electron chi connectivity index (χ0n) is 11.7. The Labute approximate surface area is 130 Å². The molecule has 23 heavy (non-hydrogen) atoms. The normalized spacial score (nSPS) is 9.74. The summed E-state index contributed by atoms with van der Waals surface area (Å²) in [4.78, 5) is 14.6. The van der Waals surface area contributed by atoms with Crippen LogP contribution in [0.4, 0.5) is 8.78 Å². The van der Waals surface area contributed by atoms with Gasteiger partial charge < -0.3 is 10.0 Å². The maximum Gasteiger partial charge on any atom is 0.493 e. The molecule has 0 unspecified atom stereocenters. The Morgan fingerprint density at radius 1 is 0.739 bits per heavy atom. The molecule has 0 aliphatic heterocycles. The molecule has 3 aromatic heterocycles. The van der Waals surface area contributed by atoms with Crippen LogP contribution in [0.2, 0.25) is 0 Å². The van der Waals surface area contributed by atoms with Crippen molar-refractivity contribution in [3.8, 4) is 11.4 Å². The minimum absolute atomic E-state index is 0.206. The third kappa shape index (κ3) is 4.60. The van der Waals surface area contributed by atoms with Crippen LogP contribution in [0.15, 0.2) is 55.1 Å². The first-order valence-corrected chi connectivity index (χ1v) is 6.44. The number of hydrogen-bond donors (Lipinski definition) is 2. The van der Waals surface area contributed by atoms with Crippen LogP contribution in [-0.2, 0) is 0 Å². The van der Waals surface area contributed by atoms with Gasteiger partial charge in [0.05, 0.1) is 5.56 Å². The number of pyridine rings is 2. The van der Waals surface area contributed by atoms with Crippen molar-refractivity contribution in [1.29, 1.82) is 0 Å². The summed E-state index contributed by atoms with van der Waals surface area (Å²) in [5, 5.41) is 17.0. The topological polar surface area (TPSA) is 92.0 Å². The molecule has 0 spiro atoms. The van der Waals surface area contributed by atoms with Crippen LogP contribution in [0.1, 0.15) is 0 Å². The minimum atomic E-state index is -1.78. The second-order valence-corrected chi connectivity index (χ2v) is 4.17. The van der Waals surface area contributed by atoms with E-state index in [0.717, 1.165) is 0 Å². The highest BCUT2D eigenvalue weighted by molar-refractivity contribution is 6.58. The van der Waals surface area contributed by atoms with Crippen LogP contribution in [0, 0.1) is 11.9 Å². The maximum absolute atomic E-state index is 13.1. The molecule has 0 aliphatic carbocycles. The molecule has 0 aliphatic rings. The zero-order chi connectivity index (χ0) is 16.7. The first kappa shape index (κ1) is 16.6. The predicted molar refractivity (Wildman–Crippen MR) is 79.2 cm³/mol. The Bertz CT molecular complexity index is 763. The molecule has 3 rings (SSSR count). The lowest BCUT2D eigenvalue weighted by Gasteiger charge is -1.98. The average molecular weight is 316 g/mol. The molecule has 3 aromatic rings. The molecular weight excluding hydrogens is 305 g/mol. The molecule has 0 saturated heterocycles. The summed E-state index contributed by atoms with van der Waals surface area (Å²) >= 11 is 0. The van der Waals surface area contributed by atoms with Gasteiger partial charge in [0.15, 0.2) is 5.82 Å². The smallest absolute Gasteiger partial charge is 0.423 e. The summed E-state index contributed by atoms with van der Waals surface area (Å²) in [5.74, 6) is -1.04. The Balaban J connectivity index is 0.000000174. The van der Waals surface area contributed by atoms with E-state index in [0.29, 0.717) is 11.4 Å². The summed E-state index contributed by atoms with van der Waals surface area (Å²) in [6, 6.07) is 7.61. The number of hydrogen-bond acceptors (Lipinski definition) is 6. The van der Waals surface area contributed by atoms with E-state index in [1.165, 1.54) is 24.5 Å². The SMILES string of the molecule is Fc1ncccc1-c1ncccn1.OB(O)c1cccnc1F. The van der Waals surface area contributed by atoms with Gasteiger partial charge in [0.2, 0.25) is 11.9 Å². The van der Waals surface area contributed by atoms with Crippen molar-refractivity contribution in [2.45, 2.75) is 0 Å². The molecule has 0 amide bonds. The Morgan fingerprint density at radius 2 is 1.30 bits per heavy atom. The molecule has 0 bridgehead atoms. The van der Waals surface area contributed by atoms with Gasteiger partial charge in [-0.25, -0.2) is 19.9 Å². The van der Waals surface area contributed by atoms with Crippen molar-refractivity contribution in [3.05, 3.63) is 67.0 Å². The van der Waals surface area contributed by atoms with Crippen LogP contribution in [0.3, 0.4) is 0 Å². The fourth-order valence-corrected chi connectivity index (χ4v) is 1.58. The van der Waals surface area contributed by atoms with Gasteiger partial charge in [-0.1, -0.05) is 6.07 Å². The molecule has 6 nitrogen and oxygen atoms in total. The highest BCUT2D eigenvalue weighted by Crippen LogP contribution is 2.14. The molecule has 2 N–H and O–H groups in total. The van der Waals surface area contributed by atoms with Crippen LogP contribution in [-0.4, -0.2) is 37.1 Å². The monoisotopic (exact) mass is 316 g/mol. The molecular formula is C14H11BF2N4O2. The Hall–Kier alpha value is -2.78. The molecule has 0 aromatic carbocycles. The maximum atomic E-state index is 13.1. The van der Waals surface area contributed by atoms with E-state index in [-0.39, 0.29) is 5.46 Å². The van der Waals surface area contributed by atoms with Gasteiger partial charge in [-0.05, 0) is 24.3 Å². The lowest BCUT2D eigenvalue weighted by molar-refractivity contribution is 0.422. The van der Waals surface area contributed by atoms with E-state index in [2.05, 4.69) is 19.9 Å². The summed E-state index contributed by atoms with van der Waals surface area (Å²) in [5.41, 5.74) is 0.116. The van der Waals surface area contributed by atoms with Gasteiger partial charge in [0, 0.05) is 30.3 Å². The van der Waals surface area contributed by atoms with Crippen LogP contribution < -0.4 is 5.46 Å². The lowest BCUT2D eigenvalue weighted by atomic mass is 9.81. The number of rotatable bonds is 2. The van der Waals surface area contributed by atoms with Gasteiger partial charge in [-0.15, -0.1) is 0 Å². The first-order chi connectivity index (χ1) is 11.1. The second-order valence-electron chi connectivity index (χ2n) is 4.17. The predicted octanol–water partition coefficient (Wildman–Crippen LogP) is 0.578. The Morgan fingerprint density at radius 3 is 1.83 bits per heavy atom. The third-order valence-corrected chi connectivity index (χ3v) is 2.63. The quantitative estimate of drug-likeness (QED) is 0.531. The first-order valence-electron chi connectivity index (χ1n) is 6.44. The van der Waals surface area contributed by atoms with Crippen molar-refractivity contribution in [1.82, 2.24) is 19.9 Å². The standard InChI is InChI=1S/C9H6FN3.C5H5BFNO2/c10-8-7(3-1-4-11-8)9-12-5-2-6-13-9;7-5-4(6(9)10)2-1-3-8-5/h1-6H;1-3,9-10H. The highest BCUT2D eigenvalue weighted by Gasteiger charge is 2.15. The number of aromatic nitrogens is 4. The molecule has 9 heteroatoms. The molecule has 0 atom stereocenters. The van der Waals surface area contributed by atoms with Crippen molar-refractivity contribution >= 4 is 12.6 Å². The van der Waals surface area contributed by atoms with Gasteiger partial charge >= 0.3 is 7.12 Å². The van der Waals surface area contributed by atoms with Gasteiger partial charge in [-0.3, -0.25) is 0 Å². The third-order valence-electron chi connectivity index (χ3n) is 2.63. The molecule has 0 fully saturated rings. The lowest BCUT2D eigenvalue weighted by Crippen LogP contribution is -2.33. The molecule has 3 heterocycles. The summed E-state index contributed by atoms with van der Waals surface area (Å²) < 4.78 is 25.5. The zero-order valence-corrected chi connectivity index (χ0v) is 11.7. The summed E-state index contributed by atoms with van der Waals surface area (Å²) in [6.07, 6.45) is 5.76. The van der Waals surface area contributed by atoms with E-state index in [4.69, 9.17) is 10.0 Å². The van der Waals surface area contributed by atoms with Gasteiger partial charge in [0.25, 0.3) is 0 Å². The van der Waals surface area contributed by atoms with E-state index in [9.17, 15) is 8.78 Å². The molecule has 0 saturated carbocycles. The average Bonchev–Trinajstić information content (AvgIpc) is 2.57. The largest absolute Gasteiger partial charge is 0.493 e. The van der Waals surface area contributed by atoms with E-state index < -0.39 is 19.0 Å². The number of nitrogens with zero attached hydrogens (tertiary/aromatic N) is 4. The number of halogens is 2. The van der Waals surface area contributed by atoms with E-state index in [1.54, 1.807) is 30.6 Å². The van der Waals surface area contributed by atoms with Crippen LogP contribution in [0.5, 0.6) is 0 Å². The van der Waals surface area contributed by atoms with Gasteiger partial charge in [-0.2, -0.15) is 8.78 Å². The summed E-state index contributed by atoms with van der Waals surface area (Å²) in [7, 11) is -1.78. The summed E-state index contributed by atoms with van der Waals surface area (Å²) in [6.45, 7) is 0.